The van der Waals surface area contributed by atoms with E-state index in [1.54, 1.807) is 18.2 Å². The third-order valence-electron chi connectivity index (χ3n) is 2.28. The number of rotatable bonds is 2. The van der Waals surface area contributed by atoms with Crippen molar-refractivity contribution in [3.63, 3.8) is 0 Å². The molecular weight excluding hydrogens is 269 g/mol. The summed E-state index contributed by atoms with van der Waals surface area (Å²) in [5.74, 6) is -1.45. The molecule has 0 fully saturated rings. The Kier molecular flexibility index (Phi) is 5.49. The summed E-state index contributed by atoms with van der Waals surface area (Å²) >= 11 is 0. The van der Waals surface area contributed by atoms with Crippen molar-refractivity contribution < 1.29 is 17.6 Å². The molecule has 2 rings (SSSR count). The van der Waals surface area contributed by atoms with E-state index in [-0.39, 0.29) is 5.89 Å². The lowest BCUT2D eigenvalue weighted by atomic mass is 10.1. The van der Waals surface area contributed by atoms with Gasteiger partial charge in [0.2, 0.25) is 5.89 Å². The predicted octanol–water partition coefficient (Wildman–Crippen LogP) is 4.51. The van der Waals surface area contributed by atoms with Crippen LogP contribution in [-0.4, -0.2) is 10.2 Å². The van der Waals surface area contributed by atoms with Gasteiger partial charge < -0.3 is 4.42 Å². The van der Waals surface area contributed by atoms with Crippen molar-refractivity contribution in [2.75, 3.05) is 0 Å². The molecule has 0 spiro atoms. The van der Waals surface area contributed by atoms with Crippen LogP contribution in [0.15, 0.2) is 41.3 Å². The average molecular weight is 284 g/mol. The molecule has 0 unspecified atom stereocenters. The van der Waals surface area contributed by atoms with Crippen molar-refractivity contribution in [3.8, 4) is 11.5 Å². The van der Waals surface area contributed by atoms with Crippen LogP contribution in [0.3, 0.4) is 0 Å². The van der Waals surface area contributed by atoms with Crippen LogP contribution >= 0.6 is 0 Å². The molecule has 0 saturated carbocycles. The van der Waals surface area contributed by atoms with E-state index < -0.39 is 12.1 Å². The van der Waals surface area contributed by atoms with E-state index in [0.717, 1.165) is 12.0 Å². The first-order valence-corrected chi connectivity index (χ1v) is 5.99. The van der Waals surface area contributed by atoms with Crippen LogP contribution in [0.4, 0.5) is 13.2 Å². The number of nitrogens with zero attached hydrogens (tertiary/aromatic N) is 2. The van der Waals surface area contributed by atoms with Crippen molar-refractivity contribution in [2.24, 2.45) is 0 Å². The van der Waals surface area contributed by atoms with Gasteiger partial charge in [-0.1, -0.05) is 25.1 Å². The second-order valence-electron chi connectivity index (χ2n) is 3.87. The van der Waals surface area contributed by atoms with E-state index in [1.807, 2.05) is 26.0 Å². The molecule has 6 heteroatoms. The first-order valence-electron chi connectivity index (χ1n) is 5.99. The lowest BCUT2D eigenvalue weighted by Gasteiger charge is -1.99. The minimum absolute atomic E-state index is 0.125. The Morgan fingerprint density at radius 1 is 1.20 bits per heavy atom. The smallest absolute Gasteiger partial charge is 0.413 e. The van der Waals surface area contributed by atoms with Gasteiger partial charge in [0.25, 0.3) is 0 Å². The highest BCUT2D eigenvalue weighted by molar-refractivity contribution is 5.52. The summed E-state index contributed by atoms with van der Waals surface area (Å²) in [6, 6.07) is 6.94. The average Bonchev–Trinajstić information content (AvgIpc) is 2.89. The Morgan fingerprint density at radius 3 is 2.15 bits per heavy atom. The predicted molar refractivity (Wildman–Crippen MR) is 70.0 cm³/mol. The fourth-order valence-corrected chi connectivity index (χ4v) is 1.34. The Bertz CT molecular complexity index is 544. The Hall–Kier alpha value is -2.11. The molecule has 0 amide bonds. The van der Waals surface area contributed by atoms with Crippen LogP contribution < -0.4 is 0 Å². The number of benzene rings is 1. The highest BCUT2D eigenvalue weighted by Gasteiger charge is 2.38. The van der Waals surface area contributed by atoms with Crippen LogP contribution in [0.25, 0.3) is 11.5 Å². The monoisotopic (exact) mass is 284 g/mol. The molecule has 0 aliphatic rings. The van der Waals surface area contributed by atoms with E-state index >= 15 is 0 Å². The summed E-state index contributed by atoms with van der Waals surface area (Å²) in [7, 11) is 0. The fourth-order valence-electron chi connectivity index (χ4n) is 1.34. The summed E-state index contributed by atoms with van der Waals surface area (Å²) in [4.78, 5) is 0. The van der Waals surface area contributed by atoms with E-state index in [0.29, 0.717) is 5.56 Å². The van der Waals surface area contributed by atoms with E-state index in [2.05, 4.69) is 21.2 Å². The molecule has 1 heterocycles. The molecule has 2 aromatic rings. The number of allylic oxidation sites excluding steroid dienone is 1. The van der Waals surface area contributed by atoms with Crippen molar-refractivity contribution in [1.82, 2.24) is 10.2 Å². The number of alkyl halides is 3. The summed E-state index contributed by atoms with van der Waals surface area (Å²) in [5, 5.41) is 6.34. The Balaban J connectivity index is 0.000000612. The molecular formula is C14H15F3N2O. The van der Waals surface area contributed by atoms with Crippen molar-refractivity contribution >= 4 is 0 Å². The highest BCUT2D eigenvalue weighted by Crippen LogP contribution is 2.30. The lowest BCUT2D eigenvalue weighted by Crippen LogP contribution is -2.04. The SMILES string of the molecule is C=CC.CCc1ccc(-c2nnc(C(F)(F)F)o2)cc1. The van der Waals surface area contributed by atoms with Gasteiger partial charge in [0.1, 0.15) is 0 Å². The molecule has 0 N–H and O–H groups in total. The zero-order chi connectivity index (χ0) is 15.2. The largest absolute Gasteiger partial charge is 0.470 e. The Labute approximate surface area is 115 Å². The van der Waals surface area contributed by atoms with Crippen LogP contribution in [0, 0.1) is 0 Å². The second kappa shape index (κ2) is 6.88. The van der Waals surface area contributed by atoms with Crippen LogP contribution in [-0.2, 0) is 12.6 Å². The number of aromatic nitrogens is 2. The van der Waals surface area contributed by atoms with E-state index in [9.17, 15) is 13.2 Å². The number of hydrogen-bond donors (Lipinski definition) is 0. The summed E-state index contributed by atoms with van der Waals surface area (Å²) in [6.07, 6.45) is -1.99. The number of hydrogen-bond acceptors (Lipinski definition) is 3. The molecule has 20 heavy (non-hydrogen) atoms. The highest BCUT2D eigenvalue weighted by atomic mass is 19.4. The van der Waals surface area contributed by atoms with Crippen LogP contribution in [0.2, 0.25) is 0 Å². The summed E-state index contributed by atoms with van der Waals surface area (Å²) in [6.45, 7) is 7.24. The molecule has 0 atom stereocenters. The molecule has 3 nitrogen and oxygen atoms in total. The zero-order valence-electron chi connectivity index (χ0n) is 11.2. The normalized spacial score (nSPS) is 10.7. The maximum absolute atomic E-state index is 12.2. The second-order valence-corrected chi connectivity index (χ2v) is 3.87. The maximum Gasteiger partial charge on any atom is 0.470 e. The Morgan fingerprint density at radius 2 is 1.75 bits per heavy atom. The molecule has 0 bridgehead atoms. The summed E-state index contributed by atoms with van der Waals surface area (Å²) in [5.41, 5.74) is 1.56. The van der Waals surface area contributed by atoms with Gasteiger partial charge in [0, 0.05) is 5.56 Å². The first kappa shape index (κ1) is 15.9. The minimum Gasteiger partial charge on any atom is -0.413 e. The lowest BCUT2D eigenvalue weighted by molar-refractivity contribution is -0.156. The van der Waals surface area contributed by atoms with Gasteiger partial charge >= 0.3 is 12.1 Å². The zero-order valence-corrected chi connectivity index (χ0v) is 11.2. The van der Waals surface area contributed by atoms with Gasteiger partial charge in [-0.3, -0.25) is 0 Å². The molecule has 0 aliphatic heterocycles. The van der Waals surface area contributed by atoms with Crippen molar-refractivity contribution in [3.05, 3.63) is 48.4 Å². The van der Waals surface area contributed by atoms with E-state index in [4.69, 9.17) is 0 Å². The standard InChI is InChI=1S/C11H9F3N2O.C3H6/c1-2-7-3-5-8(6-4-7)9-15-16-10(17-9)11(12,13)14;1-3-2/h3-6H,2H2,1H3;3H,1H2,2H3. The van der Waals surface area contributed by atoms with Gasteiger partial charge in [0.15, 0.2) is 0 Å². The van der Waals surface area contributed by atoms with E-state index in [1.165, 1.54) is 0 Å². The quantitative estimate of drug-likeness (QED) is 0.762. The summed E-state index contributed by atoms with van der Waals surface area (Å²) < 4.78 is 41.3. The topological polar surface area (TPSA) is 38.9 Å². The van der Waals surface area contributed by atoms with Gasteiger partial charge in [-0.15, -0.1) is 16.8 Å². The molecule has 1 aromatic carbocycles. The molecule has 108 valence electrons. The van der Waals surface area contributed by atoms with Crippen LogP contribution in [0.5, 0.6) is 0 Å². The number of halogens is 3. The third kappa shape index (κ3) is 4.22. The molecule has 1 aromatic heterocycles. The first-order chi connectivity index (χ1) is 9.42. The third-order valence-corrected chi connectivity index (χ3v) is 2.28. The van der Waals surface area contributed by atoms with Gasteiger partial charge in [-0.2, -0.15) is 13.2 Å². The van der Waals surface area contributed by atoms with Gasteiger partial charge in [-0.25, -0.2) is 0 Å². The van der Waals surface area contributed by atoms with Crippen molar-refractivity contribution in [1.29, 1.82) is 0 Å². The number of aryl methyl sites for hydroxylation is 1. The minimum atomic E-state index is -4.60. The van der Waals surface area contributed by atoms with Gasteiger partial charge in [0.05, 0.1) is 0 Å². The molecule has 0 aliphatic carbocycles. The van der Waals surface area contributed by atoms with Crippen molar-refractivity contribution in [2.45, 2.75) is 26.4 Å². The maximum atomic E-state index is 12.2. The fraction of sp³-hybridized carbons (Fsp3) is 0.286. The molecule has 0 radical (unpaired) electrons. The van der Waals surface area contributed by atoms with Gasteiger partial charge in [-0.05, 0) is 31.0 Å². The van der Waals surface area contributed by atoms with Crippen LogP contribution in [0.1, 0.15) is 25.3 Å². The molecule has 0 saturated heterocycles.